The first-order valence-corrected chi connectivity index (χ1v) is 9.76. The van der Waals surface area contributed by atoms with Crippen LogP contribution >= 0.6 is 0 Å². The van der Waals surface area contributed by atoms with Crippen molar-refractivity contribution in [2.24, 2.45) is 0 Å². The van der Waals surface area contributed by atoms with Crippen molar-refractivity contribution >= 4 is 16.8 Å². The summed E-state index contributed by atoms with van der Waals surface area (Å²) in [5.41, 5.74) is 0.516. The number of benzene rings is 1. The van der Waals surface area contributed by atoms with E-state index in [0.717, 1.165) is 12.1 Å². The van der Waals surface area contributed by atoms with Crippen LogP contribution in [0.5, 0.6) is 5.75 Å². The van der Waals surface area contributed by atoms with Crippen LogP contribution in [0.15, 0.2) is 28.9 Å². The van der Waals surface area contributed by atoms with E-state index in [1.165, 1.54) is 18.4 Å². The molecule has 0 unspecified atom stereocenters. The smallest absolute Gasteiger partial charge is 0.393 e. The Balaban J connectivity index is 1.56. The topological polar surface area (TPSA) is 82.6 Å². The zero-order valence-corrected chi connectivity index (χ0v) is 16.2. The van der Waals surface area contributed by atoms with E-state index >= 15 is 0 Å². The number of nitrogens with zero attached hydrogens (tertiary/aromatic N) is 3. The average molecular weight is 419 g/mol. The van der Waals surface area contributed by atoms with Crippen LogP contribution < -0.4 is 4.90 Å². The lowest BCUT2D eigenvalue weighted by Crippen LogP contribution is -2.53. The fourth-order valence-electron chi connectivity index (χ4n) is 4.64. The molecule has 2 N–H and O–H groups in total. The number of anilines is 1. The van der Waals surface area contributed by atoms with Gasteiger partial charge >= 0.3 is 6.18 Å². The van der Waals surface area contributed by atoms with Crippen molar-refractivity contribution < 1.29 is 27.8 Å². The van der Waals surface area contributed by atoms with E-state index in [9.17, 15) is 23.4 Å². The lowest BCUT2D eigenvalue weighted by atomic mass is 9.76. The minimum absolute atomic E-state index is 0.0292. The first-order valence-electron chi connectivity index (χ1n) is 9.76. The molecule has 158 valence electrons. The Kier molecular flexibility index (Phi) is 4.05. The molecule has 9 heteroatoms. The van der Waals surface area contributed by atoms with Crippen LogP contribution in [-0.2, 0) is 12.8 Å². The van der Waals surface area contributed by atoms with Crippen molar-refractivity contribution in [1.82, 2.24) is 10.2 Å². The number of halogens is 3. The summed E-state index contributed by atoms with van der Waals surface area (Å²) in [5, 5.41) is 29.5. The summed E-state index contributed by atoms with van der Waals surface area (Å²) in [7, 11) is 0. The quantitative estimate of drug-likeness (QED) is 0.668. The van der Waals surface area contributed by atoms with Gasteiger partial charge in [0.1, 0.15) is 11.3 Å². The van der Waals surface area contributed by atoms with Crippen LogP contribution in [0.1, 0.15) is 30.9 Å². The molecule has 0 bridgehead atoms. The summed E-state index contributed by atoms with van der Waals surface area (Å²) in [4.78, 5) is 2.10. The summed E-state index contributed by atoms with van der Waals surface area (Å²) in [6.07, 6.45) is -2.38. The van der Waals surface area contributed by atoms with Gasteiger partial charge < -0.3 is 19.5 Å². The zero-order valence-electron chi connectivity index (χ0n) is 16.2. The Bertz CT molecular complexity index is 1130. The van der Waals surface area contributed by atoms with Crippen molar-refractivity contribution in [1.29, 1.82) is 0 Å². The van der Waals surface area contributed by atoms with Crippen LogP contribution in [-0.4, -0.2) is 44.8 Å². The number of aromatic hydroxyl groups is 1. The molecule has 0 radical (unpaired) electrons. The van der Waals surface area contributed by atoms with Gasteiger partial charge in [-0.2, -0.15) is 13.2 Å². The summed E-state index contributed by atoms with van der Waals surface area (Å²) in [6, 6.07) is 4.70. The molecule has 6 nitrogen and oxygen atoms in total. The summed E-state index contributed by atoms with van der Waals surface area (Å²) in [5.74, 6) is 0.403. The van der Waals surface area contributed by atoms with Gasteiger partial charge in [0.25, 0.3) is 0 Å². The zero-order chi connectivity index (χ0) is 21.3. The van der Waals surface area contributed by atoms with Gasteiger partial charge in [-0.15, -0.1) is 10.2 Å². The second-order valence-corrected chi connectivity index (χ2v) is 8.46. The van der Waals surface area contributed by atoms with E-state index in [1.54, 1.807) is 13.0 Å². The molecule has 3 heterocycles. The lowest BCUT2D eigenvalue weighted by molar-refractivity contribution is -0.127. The average Bonchev–Trinajstić information content (AvgIpc) is 3.24. The number of aromatic nitrogens is 2. The van der Waals surface area contributed by atoms with E-state index < -0.39 is 18.2 Å². The third kappa shape index (κ3) is 3.17. The van der Waals surface area contributed by atoms with E-state index in [-0.39, 0.29) is 34.2 Å². The number of hydrogen-bond acceptors (Lipinski definition) is 6. The Morgan fingerprint density at radius 3 is 2.73 bits per heavy atom. The number of furan rings is 1. The number of phenols is 1. The molecule has 0 saturated heterocycles. The molecule has 5 rings (SSSR count). The molecule has 2 aromatic heterocycles. The van der Waals surface area contributed by atoms with Crippen LogP contribution in [0.4, 0.5) is 19.0 Å². The number of rotatable bonds is 3. The Morgan fingerprint density at radius 2 is 2.03 bits per heavy atom. The van der Waals surface area contributed by atoms with Gasteiger partial charge in [-0.3, -0.25) is 0 Å². The number of alkyl halides is 3. The Labute approximate surface area is 169 Å². The number of fused-ring (bicyclic) bond motifs is 2. The van der Waals surface area contributed by atoms with Crippen molar-refractivity contribution in [2.75, 3.05) is 11.4 Å². The van der Waals surface area contributed by atoms with Gasteiger partial charge in [-0.1, -0.05) is 0 Å². The van der Waals surface area contributed by atoms with Crippen LogP contribution in [0.2, 0.25) is 0 Å². The number of aliphatic hydroxyl groups is 1. The Hall–Kier alpha value is -2.81. The molecule has 1 aliphatic carbocycles. The van der Waals surface area contributed by atoms with E-state index in [1.807, 2.05) is 0 Å². The van der Waals surface area contributed by atoms with Gasteiger partial charge in [0.15, 0.2) is 5.82 Å². The fraction of sp³-hybridized carbons (Fsp3) is 0.429. The first-order chi connectivity index (χ1) is 14.1. The number of phenolic OH excluding ortho intramolecular Hbond substituents is 1. The van der Waals surface area contributed by atoms with E-state index in [2.05, 4.69) is 15.1 Å². The van der Waals surface area contributed by atoms with Gasteiger partial charge in [0.05, 0.1) is 29.4 Å². The predicted molar refractivity (Wildman–Crippen MR) is 103 cm³/mol. The van der Waals surface area contributed by atoms with E-state index in [0.29, 0.717) is 30.5 Å². The molecule has 0 amide bonds. The van der Waals surface area contributed by atoms with Gasteiger partial charge in [-0.25, -0.2) is 0 Å². The molecule has 3 aromatic rings. The van der Waals surface area contributed by atoms with Crippen molar-refractivity contribution in [3.8, 4) is 17.0 Å². The molecule has 1 fully saturated rings. The van der Waals surface area contributed by atoms with Crippen LogP contribution in [0, 0.1) is 0 Å². The SMILES string of the molecule is CC1(O)CC(N2CCc3cc(-c4c(CC(F)(F)F)cc5occc5c4O)nnc32)C1. The van der Waals surface area contributed by atoms with Crippen molar-refractivity contribution in [3.05, 3.63) is 35.6 Å². The van der Waals surface area contributed by atoms with Crippen LogP contribution in [0.3, 0.4) is 0 Å². The van der Waals surface area contributed by atoms with Gasteiger partial charge in [0.2, 0.25) is 0 Å². The predicted octanol–water partition coefficient (Wildman–Crippen LogP) is 3.98. The minimum Gasteiger partial charge on any atom is -0.506 e. The highest BCUT2D eigenvalue weighted by Crippen LogP contribution is 2.44. The first kappa shape index (κ1) is 19.2. The monoisotopic (exact) mass is 419 g/mol. The maximum absolute atomic E-state index is 13.2. The standard InChI is InChI=1S/C21H20F3N3O3/c1-20(29)9-13(10-20)27-4-2-11-6-15(25-26-19(11)27)17-12(8-21(22,23)24)7-16-14(18(17)28)3-5-30-16/h3,5-7,13,28-29H,2,4,8-10H2,1H3. The molecule has 1 aliphatic heterocycles. The molecule has 1 aromatic carbocycles. The Morgan fingerprint density at radius 1 is 1.27 bits per heavy atom. The van der Waals surface area contributed by atoms with Gasteiger partial charge in [0, 0.05) is 23.7 Å². The summed E-state index contributed by atoms with van der Waals surface area (Å²) < 4.78 is 44.8. The number of hydrogen-bond donors (Lipinski definition) is 2. The van der Waals surface area contributed by atoms with Crippen molar-refractivity contribution in [2.45, 2.75) is 50.4 Å². The highest BCUT2D eigenvalue weighted by atomic mass is 19.4. The molecule has 2 aliphatic rings. The molecule has 30 heavy (non-hydrogen) atoms. The lowest BCUT2D eigenvalue weighted by Gasteiger charge is -2.46. The largest absolute Gasteiger partial charge is 0.506 e. The maximum atomic E-state index is 13.2. The normalized spacial score (nSPS) is 23.6. The van der Waals surface area contributed by atoms with Crippen molar-refractivity contribution in [3.63, 3.8) is 0 Å². The fourth-order valence-corrected chi connectivity index (χ4v) is 4.64. The molecule has 1 saturated carbocycles. The second-order valence-electron chi connectivity index (χ2n) is 8.46. The maximum Gasteiger partial charge on any atom is 0.393 e. The third-order valence-corrected chi connectivity index (χ3v) is 6.00. The molecular weight excluding hydrogens is 399 g/mol. The summed E-state index contributed by atoms with van der Waals surface area (Å²) >= 11 is 0. The highest BCUT2D eigenvalue weighted by molar-refractivity contribution is 5.93. The summed E-state index contributed by atoms with van der Waals surface area (Å²) in [6.45, 7) is 2.52. The van der Waals surface area contributed by atoms with Gasteiger partial charge in [-0.05, 0) is 49.9 Å². The van der Waals surface area contributed by atoms with E-state index in [4.69, 9.17) is 4.42 Å². The highest BCUT2D eigenvalue weighted by Gasteiger charge is 2.44. The third-order valence-electron chi connectivity index (χ3n) is 6.00. The minimum atomic E-state index is -4.45. The molecule has 0 spiro atoms. The van der Waals surface area contributed by atoms with Crippen LogP contribution in [0.25, 0.3) is 22.2 Å². The second kappa shape index (κ2) is 6.34. The molecule has 0 atom stereocenters. The molecular formula is C21H20F3N3O3.